The zero-order valence-electron chi connectivity index (χ0n) is 13.7. The minimum Gasteiger partial charge on any atom is -0.346 e. The Morgan fingerprint density at radius 1 is 1.20 bits per heavy atom. The number of halogens is 1. The predicted octanol–water partition coefficient (Wildman–Crippen LogP) is 2.22. The number of anilines is 1. The van der Waals surface area contributed by atoms with Crippen molar-refractivity contribution in [1.29, 1.82) is 0 Å². The number of benzene rings is 1. The molecule has 1 saturated heterocycles. The summed E-state index contributed by atoms with van der Waals surface area (Å²) in [5.74, 6) is -0.252. The first-order valence-electron chi connectivity index (χ1n) is 8.10. The van der Waals surface area contributed by atoms with Crippen molar-refractivity contribution in [2.75, 3.05) is 37.6 Å². The summed E-state index contributed by atoms with van der Waals surface area (Å²) >= 11 is 3.74. The molecule has 25 heavy (non-hydrogen) atoms. The van der Waals surface area contributed by atoms with Crippen LogP contribution in [0, 0.1) is 3.57 Å². The van der Waals surface area contributed by atoms with Gasteiger partial charge in [0.2, 0.25) is 5.91 Å². The summed E-state index contributed by atoms with van der Waals surface area (Å²) < 4.78 is 0.874. The van der Waals surface area contributed by atoms with Crippen molar-refractivity contribution < 1.29 is 9.59 Å². The Morgan fingerprint density at radius 2 is 2.04 bits per heavy atom. The van der Waals surface area contributed by atoms with Gasteiger partial charge < -0.3 is 15.1 Å². The number of nitrogens with zero attached hydrogens (tertiary/aromatic N) is 3. The van der Waals surface area contributed by atoms with Crippen LogP contribution in [0.4, 0.5) is 5.13 Å². The minimum atomic E-state index is -0.211. The van der Waals surface area contributed by atoms with Gasteiger partial charge in [0, 0.05) is 41.3 Å². The Kier molecular flexibility index (Phi) is 6.24. The third kappa shape index (κ3) is 4.69. The molecule has 1 N–H and O–H groups in total. The number of carbonyl (C=O) groups is 2. The second-order valence-corrected chi connectivity index (χ2v) is 7.73. The van der Waals surface area contributed by atoms with Gasteiger partial charge in [-0.2, -0.15) is 0 Å². The molecule has 2 amide bonds. The van der Waals surface area contributed by atoms with Crippen LogP contribution in [-0.4, -0.2) is 54.4 Å². The summed E-state index contributed by atoms with van der Waals surface area (Å²) in [7, 11) is 0. The van der Waals surface area contributed by atoms with Crippen LogP contribution in [0.15, 0.2) is 35.8 Å². The highest BCUT2D eigenvalue weighted by Crippen LogP contribution is 2.19. The van der Waals surface area contributed by atoms with Crippen molar-refractivity contribution in [1.82, 2.24) is 15.2 Å². The predicted molar refractivity (Wildman–Crippen MR) is 107 cm³/mol. The van der Waals surface area contributed by atoms with Crippen molar-refractivity contribution in [3.8, 4) is 0 Å². The monoisotopic (exact) mass is 470 g/mol. The van der Waals surface area contributed by atoms with Crippen LogP contribution in [0.3, 0.4) is 0 Å². The maximum atomic E-state index is 12.4. The zero-order chi connectivity index (χ0) is 17.6. The molecule has 0 aliphatic carbocycles. The molecule has 3 rings (SSSR count). The third-order valence-corrected chi connectivity index (χ3v) is 5.83. The first kappa shape index (κ1) is 18.1. The summed E-state index contributed by atoms with van der Waals surface area (Å²) in [6, 6.07) is 7.34. The van der Waals surface area contributed by atoms with Crippen LogP contribution >= 0.6 is 33.9 Å². The van der Waals surface area contributed by atoms with Crippen LogP contribution in [0.1, 0.15) is 16.8 Å². The van der Waals surface area contributed by atoms with Gasteiger partial charge in [-0.15, -0.1) is 11.3 Å². The fourth-order valence-electron chi connectivity index (χ4n) is 2.74. The lowest BCUT2D eigenvalue weighted by Crippen LogP contribution is -2.42. The zero-order valence-corrected chi connectivity index (χ0v) is 16.6. The van der Waals surface area contributed by atoms with Crippen LogP contribution in [0.2, 0.25) is 0 Å². The highest BCUT2D eigenvalue weighted by molar-refractivity contribution is 14.1. The summed E-state index contributed by atoms with van der Waals surface area (Å²) in [5, 5.41) is 5.70. The van der Waals surface area contributed by atoms with E-state index in [1.54, 1.807) is 23.6 Å². The molecule has 0 unspecified atom stereocenters. The Hall–Kier alpha value is -1.68. The van der Waals surface area contributed by atoms with Crippen molar-refractivity contribution in [3.05, 3.63) is 45.0 Å². The van der Waals surface area contributed by atoms with E-state index in [1.165, 1.54) is 0 Å². The van der Waals surface area contributed by atoms with Gasteiger partial charge in [0.15, 0.2) is 5.13 Å². The molecule has 1 aliphatic rings. The average Bonchev–Trinajstić information content (AvgIpc) is 3.04. The van der Waals surface area contributed by atoms with Gasteiger partial charge in [-0.1, -0.05) is 12.1 Å². The van der Waals surface area contributed by atoms with Crippen molar-refractivity contribution in [3.63, 3.8) is 0 Å². The van der Waals surface area contributed by atoms with Crippen LogP contribution in [0.25, 0.3) is 0 Å². The fraction of sp³-hybridized carbons (Fsp3) is 0.353. The number of nitrogens with one attached hydrogen (secondary N) is 1. The molecule has 0 radical (unpaired) electrons. The molecule has 1 aliphatic heterocycles. The van der Waals surface area contributed by atoms with E-state index in [0.717, 1.165) is 28.2 Å². The summed E-state index contributed by atoms with van der Waals surface area (Å²) in [5.41, 5.74) is 0.599. The van der Waals surface area contributed by atoms with Crippen molar-refractivity contribution in [2.45, 2.75) is 6.42 Å². The second-order valence-electron chi connectivity index (χ2n) is 5.70. The highest BCUT2D eigenvalue weighted by Gasteiger charge is 2.21. The van der Waals surface area contributed by atoms with Crippen LogP contribution in [-0.2, 0) is 4.79 Å². The molecule has 1 aromatic heterocycles. The number of carbonyl (C=O) groups excluding carboxylic acids is 2. The highest BCUT2D eigenvalue weighted by atomic mass is 127. The van der Waals surface area contributed by atoms with Gasteiger partial charge in [0.1, 0.15) is 0 Å². The largest absolute Gasteiger partial charge is 0.346 e. The minimum absolute atomic E-state index is 0.0288. The molecule has 0 bridgehead atoms. The first-order valence-corrected chi connectivity index (χ1v) is 10.1. The maximum Gasteiger partial charge on any atom is 0.252 e. The Morgan fingerprint density at radius 3 is 2.80 bits per heavy atom. The van der Waals surface area contributed by atoms with E-state index < -0.39 is 0 Å². The summed E-state index contributed by atoms with van der Waals surface area (Å²) in [6.45, 7) is 3.05. The topological polar surface area (TPSA) is 65.5 Å². The van der Waals surface area contributed by atoms with Crippen LogP contribution in [0.5, 0.6) is 0 Å². The molecule has 8 heteroatoms. The second kappa shape index (κ2) is 8.61. The van der Waals surface area contributed by atoms with Crippen molar-refractivity contribution >= 4 is 50.9 Å². The molecule has 0 spiro atoms. The molecule has 6 nitrogen and oxygen atoms in total. The van der Waals surface area contributed by atoms with E-state index in [0.29, 0.717) is 18.7 Å². The van der Waals surface area contributed by atoms with Gasteiger partial charge in [0.25, 0.3) is 5.91 Å². The lowest BCUT2D eigenvalue weighted by molar-refractivity contribution is -0.129. The van der Waals surface area contributed by atoms with E-state index in [1.807, 2.05) is 28.5 Å². The van der Waals surface area contributed by atoms with E-state index in [2.05, 4.69) is 37.8 Å². The van der Waals surface area contributed by atoms with Gasteiger partial charge in [-0.3, -0.25) is 9.59 Å². The Labute approximate surface area is 164 Å². The fourth-order valence-corrected chi connectivity index (χ4v) is 4.07. The molecular formula is C17H19IN4O2S. The van der Waals surface area contributed by atoms with Crippen LogP contribution < -0.4 is 10.2 Å². The summed E-state index contributed by atoms with van der Waals surface area (Å²) in [6.07, 6.45) is 2.70. The van der Waals surface area contributed by atoms with E-state index >= 15 is 0 Å². The molecule has 132 valence electrons. The van der Waals surface area contributed by atoms with Crippen molar-refractivity contribution in [2.24, 2.45) is 0 Å². The first-order chi connectivity index (χ1) is 12.1. The standard InChI is InChI=1S/C17H19IN4O2S/c18-14-5-2-1-4-13(14)16(24)20-12-15(23)21-7-3-8-22(10-9-21)17-19-6-11-25-17/h1-2,4-6,11H,3,7-10,12H2,(H,20,24). The Balaban J connectivity index is 1.51. The molecule has 1 aromatic carbocycles. The van der Waals surface area contributed by atoms with Gasteiger partial charge in [-0.05, 0) is 41.1 Å². The van der Waals surface area contributed by atoms with Gasteiger partial charge in [-0.25, -0.2) is 4.98 Å². The number of hydrogen-bond acceptors (Lipinski definition) is 5. The number of aromatic nitrogens is 1. The quantitative estimate of drug-likeness (QED) is 0.697. The maximum absolute atomic E-state index is 12.4. The van der Waals surface area contributed by atoms with E-state index in [-0.39, 0.29) is 18.4 Å². The molecule has 0 saturated carbocycles. The SMILES string of the molecule is O=C(NCC(=O)N1CCCN(c2nccs2)CC1)c1ccccc1I. The average molecular weight is 470 g/mol. The molecule has 2 aromatic rings. The lowest BCUT2D eigenvalue weighted by Gasteiger charge is -2.22. The number of rotatable bonds is 4. The third-order valence-electron chi connectivity index (χ3n) is 4.06. The number of hydrogen-bond donors (Lipinski definition) is 1. The van der Waals surface area contributed by atoms with E-state index in [9.17, 15) is 9.59 Å². The molecule has 0 atom stereocenters. The Bertz CT molecular complexity index is 738. The molecular weight excluding hydrogens is 451 g/mol. The van der Waals surface area contributed by atoms with Gasteiger partial charge >= 0.3 is 0 Å². The van der Waals surface area contributed by atoms with E-state index in [4.69, 9.17) is 0 Å². The lowest BCUT2D eigenvalue weighted by atomic mass is 10.2. The smallest absolute Gasteiger partial charge is 0.252 e. The normalized spacial score (nSPS) is 14.9. The number of thiazole rings is 1. The number of amides is 2. The molecule has 2 heterocycles. The molecule has 1 fully saturated rings. The van der Waals surface area contributed by atoms with Gasteiger partial charge in [0.05, 0.1) is 12.1 Å². The summed E-state index contributed by atoms with van der Waals surface area (Å²) in [4.78, 5) is 33.0.